The Bertz CT molecular complexity index is 358. The first-order valence-electron chi connectivity index (χ1n) is 5.17. The number of nitrogens with zero attached hydrogens (tertiary/aromatic N) is 1. The molecule has 0 amide bonds. The summed E-state index contributed by atoms with van der Waals surface area (Å²) in [5, 5.41) is 11.8. The van der Waals surface area contributed by atoms with Crippen LogP contribution in [-0.4, -0.2) is 18.7 Å². The summed E-state index contributed by atoms with van der Waals surface area (Å²) in [5.74, 6) is 0.980. The van der Waals surface area contributed by atoms with Crippen LogP contribution in [0.2, 0.25) is 0 Å². The maximum atomic E-state index is 8.63. The van der Waals surface area contributed by atoms with Gasteiger partial charge in [-0.1, -0.05) is 18.2 Å². The molecule has 0 spiro atoms. The molecule has 1 aromatic rings. The van der Waals surface area contributed by atoms with Crippen molar-refractivity contribution in [2.75, 3.05) is 6.54 Å². The number of hydrogen-bond donors (Lipinski definition) is 1. The lowest BCUT2D eigenvalue weighted by Crippen LogP contribution is -2.35. The van der Waals surface area contributed by atoms with Gasteiger partial charge in [0.25, 0.3) is 0 Å². The second-order valence-corrected chi connectivity index (χ2v) is 3.81. The Hall–Kier alpha value is -1.53. The summed E-state index contributed by atoms with van der Waals surface area (Å²) in [7, 11) is 0. The van der Waals surface area contributed by atoms with E-state index in [0.29, 0.717) is 0 Å². The predicted octanol–water partition coefficient (Wildman–Crippen LogP) is 1.49. The molecule has 2 atom stereocenters. The van der Waals surface area contributed by atoms with Crippen LogP contribution in [0.15, 0.2) is 24.3 Å². The van der Waals surface area contributed by atoms with Crippen molar-refractivity contribution in [1.29, 1.82) is 5.26 Å². The zero-order valence-electron chi connectivity index (χ0n) is 8.73. The van der Waals surface area contributed by atoms with Gasteiger partial charge in [0.15, 0.2) is 0 Å². The molecule has 0 fully saturated rings. The van der Waals surface area contributed by atoms with E-state index in [1.807, 2.05) is 25.1 Å². The van der Waals surface area contributed by atoms with Crippen molar-refractivity contribution in [2.45, 2.75) is 25.5 Å². The molecule has 3 heteroatoms. The molecule has 2 rings (SSSR count). The van der Waals surface area contributed by atoms with Crippen molar-refractivity contribution in [1.82, 2.24) is 5.32 Å². The maximum Gasteiger partial charge on any atom is 0.123 e. The Morgan fingerprint density at radius 2 is 2.40 bits per heavy atom. The van der Waals surface area contributed by atoms with Gasteiger partial charge in [-0.3, -0.25) is 5.32 Å². The minimum atomic E-state index is -0.114. The molecule has 1 N–H and O–H groups in total. The van der Waals surface area contributed by atoms with Gasteiger partial charge in [0.05, 0.1) is 12.1 Å². The van der Waals surface area contributed by atoms with E-state index in [4.69, 9.17) is 10.00 Å². The van der Waals surface area contributed by atoms with Crippen molar-refractivity contribution in [3.05, 3.63) is 29.8 Å². The van der Waals surface area contributed by atoms with Gasteiger partial charge in [0, 0.05) is 13.0 Å². The van der Waals surface area contributed by atoms with Gasteiger partial charge >= 0.3 is 0 Å². The van der Waals surface area contributed by atoms with Gasteiger partial charge in [-0.25, -0.2) is 0 Å². The largest absolute Gasteiger partial charge is 0.488 e. The van der Waals surface area contributed by atoms with Crippen LogP contribution in [0.1, 0.15) is 12.5 Å². The van der Waals surface area contributed by atoms with Crippen LogP contribution in [0.3, 0.4) is 0 Å². The molecule has 1 heterocycles. The maximum absolute atomic E-state index is 8.63. The van der Waals surface area contributed by atoms with Crippen LogP contribution >= 0.6 is 0 Å². The standard InChI is InChI=1S/C12H14N2O/c1-9(7-13)14-8-11-6-10-4-2-3-5-12(10)15-11/h2-5,9,11,14H,6,8H2,1H3. The number of rotatable bonds is 3. The number of hydrogen-bond acceptors (Lipinski definition) is 3. The van der Waals surface area contributed by atoms with Gasteiger partial charge in [-0.2, -0.15) is 5.26 Å². The molecule has 78 valence electrons. The molecule has 0 aliphatic carbocycles. The molecular formula is C12H14N2O. The molecule has 0 radical (unpaired) electrons. The van der Waals surface area contributed by atoms with Crippen LogP contribution in [0.5, 0.6) is 5.75 Å². The number of fused-ring (bicyclic) bond motifs is 1. The zero-order chi connectivity index (χ0) is 10.7. The minimum absolute atomic E-state index is 0.114. The van der Waals surface area contributed by atoms with Gasteiger partial charge in [-0.05, 0) is 18.6 Å². The Balaban J connectivity index is 1.89. The Kier molecular flexibility index (Phi) is 2.89. The quantitative estimate of drug-likeness (QED) is 0.807. The third-order valence-corrected chi connectivity index (χ3v) is 2.56. The summed E-state index contributed by atoms with van der Waals surface area (Å²) in [5.41, 5.74) is 1.26. The lowest BCUT2D eigenvalue weighted by Gasteiger charge is -2.12. The van der Waals surface area contributed by atoms with E-state index in [1.54, 1.807) is 0 Å². The second kappa shape index (κ2) is 4.33. The zero-order valence-corrected chi connectivity index (χ0v) is 8.73. The predicted molar refractivity (Wildman–Crippen MR) is 57.6 cm³/mol. The molecule has 0 aromatic heterocycles. The first-order valence-corrected chi connectivity index (χ1v) is 5.17. The first kappa shape index (κ1) is 10.0. The molecule has 3 nitrogen and oxygen atoms in total. The number of para-hydroxylation sites is 1. The number of nitrogens with one attached hydrogen (secondary N) is 1. The molecule has 0 bridgehead atoms. The van der Waals surface area contributed by atoms with E-state index < -0.39 is 0 Å². The summed E-state index contributed by atoms with van der Waals surface area (Å²) in [4.78, 5) is 0. The molecule has 15 heavy (non-hydrogen) atoms. The van der Waals surface area contributed by atoms with Crippen LogP contribution in [-0.2, 0) is 6.42 Å². The van der Waals surface area contributed by atoms with E-state index in [0.717, 1.165) is 18.7 Å². The highest BCUT2D eigenvalue weighted by Gasteiger charge is 2.22. The van der Waals surface area contributed by atoms with Crippen molar-refractivity contribution in [3.8, 4) is 11.8 Å². The number of ether oxygens (including phenoxy) is 1. The Morgan fingerprint density at radius 3 is 3.13 bits per heavy atom. The van der Waals surface area contributed by atoms with Crippen LogP contribution in [0, 0.1) is 11.3 Å². The molecule has 1 aliphatic rings. The number of nitriles is 1. The van der Waals surface area contributed by atoms with Gasteiger partial charge in [0.2, 0.25) is 0 Å². The monoisotopic (exact) mass is 202 g/mol. The van der Waals surface area contributed by atoms with Crippen molar-refractivity contribution in [2.24, 2.45) is 0 Å². The molecular weight excluding hydrogens is 188 g/mol. The molecule has 1 aromatic carbocycles. The van der Waals surface area contributed by atoms with Crippen LogP contribution in [0.4, 0.5) is 0 Å². The highest BCUT2D eigenvalue weighted by atomic mass is 16.5. The van der Waals surface area contributed by atoms with E-state index in [1.165, 1.54) is 5.56 Å². The molecule has 2 unspecified atom stereocenters. The average Bonchev–Trinajstić information content (AvgIpc) is 2.68. The fourth-order valence-electron chi connectivity index (χ4n) is 1.72. The third kappa shape index (κ3) is 2.28. The SMILES string of the molecule is CC(C#N)NCC1Cc2ccccc2O1. The summed E-state index contributed by atoms with van der Waals surface area (Å²) in [6, 6.07) is 10.1. The molecule has 1 aliphatic heterocycles. The normalized spacial score (nSPS) is 20.1. The van der Waals surface area contributed by atoms with Crippen molar-refractivity contribution < 1.29 is 4.74 Å². The summed E-state index contributed by atoms with van der Waals surface area (Å²) in [6.45, 7) is 2.57. The lowest BCUT2D eigenvalue weighted by atomic mass is 10.1. The summed E-state index contributed by atoms with van der Waals surface area (Å²) < 4.78 is 5.73. The first-order chi connectivity index (χ1) is 7.29. The third-order valence-electron chi connectivity index (χ3n) is 2.56. The summed E-state index contributed by atoms with van der Waals surface area (Å²) in [6.07, 6.45) is 1.10. The topological polar surface area (TPSA) is 45.0 Å². The average molecular weight is 202 g/mol. The number of benzene rings is 1. The Morgan fingerprint density at radius 1 is 1.60 bits per heavy atom. The summed E-state index contributed by atoms with van der Waals surface area (Å²) >= 11 is 0. The second-order valence-electron chi connectivity index (χ2n) is 3.81. The minimum Gasteiger partial charge on any atom is -0.488 e. The fourth-order valence-corrected chi connectivity index (χ4v) is 1.72. The highest BCUT2D eigenvalue weighted by Crippen LogP contribution is 2.27. The van der Waals surface area contributed by atoms with E-state index in [2.05, 4.69) is 17.5 Å². The molecule has 0 saturated heterocycles. The highest BCUT2D eigenvalue weighted by molar-refractivity contribution is 5.37. The smallest absolute Gasteiger partial charge is 0.123 e. The fraction of sp³-hybridized carbons (Fsp3) is 0.417. The molecule has 0 saturated carbocycles. The van der Waals surface area contributed by atoms with Gasteiger partial charge < -0.3 is 4.74 Å². The van der Waals surface area contributed by atoms with Gasteiger partial charge in [0.1, 0.15) is 11.9 Å². The van der Waals surface area contributed by atoms with Crippen molar-refractivity contribution in [3.63, 3.8) is 0 Å². The Labute approximate surface area is 89.7 Å². The van der Waals surface area contributed by atoms with Crippen molar-refractivity contribution >= 4 is 0 Å². The van der Waals surface area contributed by atoms with E-state index in [9.17, 15) is 0 Å². The van der Waals surface area contributed by atoms with Crippen LogP contribution < -0.4 is 10.1 Å². The van der Waals surface area contributed by atoms with E-state index >= 15 is 0 Å². The lowest BCUT2D eigenvalue weighted by molar-refractivity contribution is 0.226. The van der Waals surface area contributed by atoms with Gasteiger partial charge in [-0.15, -0.1) is 0 Å². The van der Waals surface area contributed by atoms with Crippen LogP contribution in [0.25, 0.3) is 0 Å². The van der Waals surface area contributed by atoms with E-state index in [-0.39, 0.29) is 12.1 Å².